The summed E-state index contributed by atoms with van der Waals surface area (Å²) in [4.78, 5) is 0.422. The van der Waals surface area contributed by atoms with Crippen LogP contribution >= 0.6 is 0 Å². The van der Waals surface area contributed by atoms with Gasteiger partial charge in [-0.1, -0.05) is 19.1 Å². The molecule has 0 bridgehead atoms. The van der Waals surface area contributed by atoms with Gasteiger partial charge in [0.1, 0.15) is 0 Å². The fourth-order valence-electron chi connectivity index (χ4n) is 1.98. The van der Waals surface area contributed by atoms with Crippen LogP contribution in [0.4, 0.5) is 0 Å². The lowest BCUT2D eigenvalue weighted by Gasteiger charge is -2.35. The Morgan fingerprint density at radius 2 is 1.88 bits per heavy atom. The summed E-state index contributed by atoms with van der Waals surface area (Å²) < 4.78 is 23.2. The lowest BCUT2D eigenvalue weighted by Crippen LogP contribution is -2.43. The van der Waals surface area contributed by atoms with Gasteiger partial charge in [0.25, 0.3) is 0 Å². The van der Waals surface area contributed by atoms with E-state index in [0.29, 0.717) is 17.0 Å². The van der Waals surface area contributed by atoms with E-state index in [9.17, 15) is 8.42 Å². The minimum Gasteiger partial charge on any atom is -0.307 e. The molecular weight excluding hydrogens is 222 g/mol. The third-order valence-electron chi connectivity index (χ3n) is 3.10. The average molecular weight is 239 g/mol. The van der Waals surface area contributed by atoms with Gasteiger partial charge in [0, 0.05) is 12.1 Å². The molecule has 0 spiro atoms. The quantitative estimate of drug-likeness (QED) is 0.876. The molecule has 0 saturated carbocycles. The molecule has 4 heteroatoms. The zero-order chi connectivity index (χ0) is 11.8. The maximum atomic E-state index is 11.6. The van der Waals surface area contributed by atoms with Gasteiger partial charge < -0.3 is 5.32 Å². The van der Waals surface area contributed by atoms with Gasteiger partial charge in [-0.15, -0.1) is 0 Å². The van der Waals surface area contributed by atoms with Crippen LogP contribution in [0.15, 0.2) is 29.2 Å². The number of sulfone groups is 1. The highest BCUT2D eigenvalue weighted by atomic mass is 32.2. The summed E-state index contributed by atoms with van der Waals surface area (Å²) in [6.45, 7) is 3.81. The number of nitrogens with one attached hydrogen (secondary N) is 1. The first-order chi connectivity index (χ1) is 7.53. The molecule has 1 N–H and O–H groups in total. The molecular formula is C12H17NO2S. The molecule has 1 aliphatic rings. The van der Waals surface area contributed by atoms with Crippen LogP contribution in [0.2, 0.25) is 0 Å². The van der Waals surface area contributed by atoms with Crippen LogP contribution in [-0.2, 0) is 9.84 Å². The van der Waals surface area contributed by atoms with Crippen molar-refractivity contribution in [3.8, 4) is 0 Å². The van der Waals surface area contributed by atoms with E-state index in [-0.39, 0.29) is 5.75 Å². The van der Waals surface area contributed by atoms with Crippen molar-refractivity contribution in [1.29, 1.82) is 0 Å². The Bertz CT molecular complexity index is 458. The first-order valence-corrected chi connectivity index (χ1v) is 7.27. The van der Waals surface area contributed by atoms with Crippen molar-refractivity contribution in [3.63, 3.8) is 0 Å². The maximum Gasteiger partial charge on any atom is 0.178 e. The van der Waals surface area contributed by atoms with Gasteiger partial charge in [0.2, 0.25) is 0 Å². The Morgan fingerprint density at radius 1 is 1.31 bits per heavy atom. The Labute approximate surface area is 96.8 Å². The molecule has 1 aromatic carbocycles. The lowest BCUT2D eigenvalue weighted by atomic mass is 9.92. The van der Waals surface area contributed by atoms with Crippen molar-refractivity contribution in [2.24, 2.45) is 0 Å². The fourth-order valence-corrected chi connectivity index (χ4v) is 2.86. The topological polar surface area (TPSA) is 46.2 Å². The Hall–Kier alpha value is -0.870. The van der Waals surface area contributed by atoms with E-state index in [0.717, 1.165) is 6.42 Å². The van der Waals surface area contributed by atoms with Crippen molar-refractivity contribution in [2.45, 2.75) is 37.2 Å². The number of hydrogen-bond donors (Lipinski definition) is 1. The van der Waals surface area contributed by atoms with Gasteiger partial charge in [-0.3, -0.25) is 0 Å². The van der Waals surface area contributed by atoms with E-state index in [2.05, 4.69) is 12.2 Å². The maximum absolute atomic E-state index is 11.6. The zero-order valence-electron chi connectivity index (χ0n) is 9.60. The highest BCUT2D eigenvalue weighted by Crippen LogP contribution is 2.28. The standard InChI is InChI=1S/C12H17NO2S/c1-3-16(14,15)11-6-4-10(5-7-11)12-8-9(2)13-12/h4-7,9,12-13H,3,8H2,1-2H3. The van der Waals surface area contributed by atoms with Crippen LogP contribution in [0, 0.1) is 0 Å². The highest BCUT2D eigenvalue weighted by Gasteiger charge is 2.25. The molecule has 0 aliphatic carbocycles. The van der Waals surface area contributed by atoms with Crippen LogP contribution < -0.4 is 5.32 Å². The second kappa shape index (κ2) is 4.18. The van der Waals surface area contributed by atoms with E-state index in [4.69, 9.17) is 0 Å². The summed E-state index contributed by atoms with van der Waals surface area (Å²) in [5, 5.41) is 3.38. The Morgan fingerprint density at radius 3 is 2.31 bits per heavy atom. The predicted molar refractivity (Wildman–Crippen MR) is 64.1 cm³/mol. The van der Waals surface area contributed by atoms with Gasteiger partial charge in [0.15, 0.2) is 9.84 Å². The molecule has 2 unspecified atom stereocenters. The van der Waals surface area contributed by atoms with Crippen LogP contribution in [0.1, 0.15) is 31.9 Å². The molecule has 0 aromatic heterocycles. The second-order valence-corrected chi connectivity index (χ2v) is 6.61. The van der Waals surface area contributed by atoms with Gasteiger partial charge in [-0.25, -0.2) is 8.42 Å². The largest absolute Gasteiger partial charge is 0.307 e. The summed E-state index contributed by atoms with van der Waals surface area (Å²) in [5.41, 5.74) is 1.17. The first-order valence-electron chi connectivity index (χ1n) is 5.61. The molecule has 1 aliphatic heterocycles. The second-order valence-electron chi connectivity index (χ2n) is 4.33. The molecule has 1 heterocycles. The van der Waals surface area contributed by atoms with Crippen molar-refractivity contribution < 1.29 is 8.42 Å². The number of rotatable bonds is 3. The van der Waals surface area contributed by atoms with Crippen LogP contribution in [-0.4, -0.2) is 20.2 Å². The SMILES string of the molecule is CCS(=O)(=O)c1ccc(C2CC(C)N2)cc1. The van der Waals surface area contributed by atoms with E-state index in [1.807, 2.05) is 12.1 Å². The summed E-state index contributed by atoms with van der Waals surface area (Å²) in [6.07, 6.45) is 1.12. The molecule has 1 saturated heterocycles. The van der Waals surface area contributed by atoms with Crippen molar-refractivity contribution in [2.75, 3.05) is 5.75 Å². The number of benzene rings is 1. The predicted octanol–water partition coefficient (Wildman–Crippen LogP) is 1.90. The molecule has 88 valence electrons. The van der Waals surface area contributed by atoms with Gasteiger partial charge in [-0.05, 0) is 31.0 Å². The Kier molecular flexibility index (Phi) is 3.04. The van der Waals surface area contributed by atoms with Crippen molar-refractivity contribution >= 4 is 9.84 Å². The number of hydrogen-bond acceptors (Lipinski definition) is 3. The summed E-state index contributed by atoms with van der Waals surface area (Å²) in [5.74, 6) is 0.158. The smallest absolute Gasteiger partial charge is 0.178 e. The van der Waals surface area contributed by atoms with Gasteiger partial charge in [-0.2, -0.15) is 0 Å². The van der Waals surface area contributed by atoms with Crippen molar-refractivity contribution in [3.05, 3.63) is 29.8 Å². The Balaban J connectivity index is 2.17. The molecule has 1 fully saturated rings. The molecule has 2 atom stereocenters. The summed E-state index contributed by atoms with van der Waals surface area (Å²) in [6, 6.07) is 8.20. The summed E-state index contributed by atoms with van der Waals surface area (Å²) >= 11 is 0. The zero-order valence-corrected chi connectivity index (χ0v) is 10.4. The van der Waals surface area contributed by atoms with Crippen LogP contribution in [0.5, 0.6) is 0 Å². The summed E-state index contributed by atoms with van der Waals surface area (Å²) in [7, 11) is -3.06. The molecule has 3 nitrogen and oxygen atoms in total. The minimum atomic E-state index is -3.06. The van der Waals surface area contributed by atoms with Crippen LogP contribution in [0.3, 0.4) is 0 Å². The van der Waals surface area contributed by atoms with E-state index < -0.39 is 9.84 Å². The van der Waals surface area contributed by atoms with E-state index >= 15 is 0 Å². The lowest BCUT2D eigenvalue weighted by molar-refractivity contribution is 0.287. The third-order valence-corrected chi connectivity index (χ3v) is 4.85. The normalized spacial score (nSPS) is 25.1. The van der Waals surface area contributed by atoms with E-state index in [1.165, 1.54) is 5.56 Å². The third kappa shape index (κ3) is 2.13. The van der Waals surface area contributed by atoms with Gasteiger partial charge in [0.05, 0.1) is 10.6 Å². The average Bonchev–Trinajstić information content (AvgIpc) is 2.25. The molecule has 2 rings (SSSR count). The van der Waals surface area contributed by atoms with Crippen molar-refractivity contribution in [1.82, 2.24) is 5.32 Å². The molecule has 0 amide bonds. The first kappa shape index (κ1) is 11.6. The van der Waals surface area contributed by atoms with Crippen LogP contribution in [0.25, 0.3) is 0 Å². The monoisotopic (exact) mass is 239 g/mol. The molecule has 1 aromatic rings. The molecule has 16 heavy (non-hydrogen) atoms. The van der Waals surface area contributed by atoms with E-state index in [1.54, 1.807) is 19.1 Å². The highest BCUT2D eigenvalue weighted by molar-refractivity contribution is 7.91. The minimum absolute atomic E-state index is 0.158. The van der Waals surface area contributed by atoms with Gasteiger partial charge >= 0.3 is 0 Å². The fraction of sp³-hybridized carbons (Fsp3) is 0.500. The molecule has 0 radical (unpaired) electrons.